The lowest BCUT2D eigenvalue weighted by atomic mass is 9.63. The van der Waals surface area contributed by atoms with Gasteiger partial charge in [0.25, 0.3) is 0 Å². The monoisotopic (exact) mass is 686 g/mol. The van der Waals surface area contributed by atoms with E-state index in [0.717, 1.165) is 33.7 Å². The first kappa shape index (κ1) is 35.3. The van der Waals surface area contributed by atoms with Crippen molar-refractivity contribution in [2.75, 3.05) is 0 Å². The van der Waals surface area contributed by atoms with E-state index in [2.05, 4.69) is 155 Å². The van der Waals surface area contributed by atoms with Crippen molar-refractivity contribution in [3.05, 3.63) is 222 Å². The number of allylic oxidation sites excluding steroid dienone is 20. The molecule has 0 amide bonds. The Bertz CT molecular complexity index is 2370. The van der Waals surface area contributed by atoms with Gasteiger partial charge in [-0.1, -0.05) is 177 Å². The lowest BCUT2D eigenvalue weighted by Gasteiger charge is -2.38. The van der Waals surface area contributed by atoms with Crippen molar-refractivity contribution >= 4 is 16.7 Å². The summed E-state index contributed by atoms with van der Waals surface area (Å²) in [7, 11) is 0. The summed E-state index contributed by atoms with van der Waals surface area (Å²) < 4.78 is 0. The highest BCUT2D eigenvalue weighted by Gasteiger charge is 2.58. The number of rotatable bonds is 9. The Morgan fingerprint density at radius 2 is 1.55 bits per heavy atom. The second kappa shape index (κ2) is 15.2. The van der Waals surface area contributed by atoms with Crippen LogP contribution in [0.15, 0.2) is 200 Å². The molecule has 3 atom stereocenters. The van der Waals surface area contributed by atoms with Crippen molar-refractivity contribution in [2.45, 2.75) is 33.1 Å². The zero-order valence-electron chi connectivity index (χ0n) is 31.1. The molecular weight excluding hydrogens is 641 g/mol. The quantitative estimate of drug-likeness (QED) is 0.164. The van der Waals surface area contributed by atoms with Gasteiger partial charge in [-0.15, -0.1) is 0 Å². The van der Waals surface area contributed by atoms with E-state index < -0.39 is 0 Å². The predicted molar refractivity (Wildman–Crippen MR) is 227 cm³/mol. The number of nitrogens with zero attached hydrogens (tertiary/aromatic N) is 2. The van der Waals surface area contributed by atoms with Crippen molar-refractivity contribution in [3.8, 4) is 22.6 Å². The van der Waals surface area contributed by atoms with Crippen molar-refractivity contribution in [3.63, 3.8) is 0 Å². The van der Waals surface area contributed by atoms with E-state index in [0.29, 0.717) is 5.82 Å². The fourth-order valence-electron chi connectivity index (χ4n) is 8.52. The maximum atomic E-state index is 5.11. The first-order valence-corrected chi connectivity index (χ1v) is 18.5. The van der Waals surface area contributed by atoms with Crippen LogP contribution in [-0.2, 0) is 5.41 Å². The molecule has 0 saturated carbocycles. The molecule has 3 aliphatic carbocycles. The van der Waals surface area contributed by atoms with Crippen LogP contribution < -0.4 is 0 Å². The molecule has 0 aliphatic heterocycles. The molecule has 3 aliphatic rings. The fourth-order valence-corrected chi connectivity index (χ4v) is 8.52. The second-order valence-corrected chi connectivity index (χ2v) is 13.6. The molecule has 1 spiro atoms. The molecule has 53 heavy (non-hydrogen) atoms. The van der Waals surface area contributed by atoms with E-state index in [1.165, 1.54) is 39.0 Å². The molecule has 1 heterocycles. The molecule has 260 valence electrons. The predicted octanol–water partition coefficient (Wildman–Crippen LogP) is 13.1. The lowest BCUT2D eigenvalue weighted by molar-refractivity contribution is 0.434. The van der Waals surface area contributed by atoms with Gasteiger partial charge in [0.05, 0.1) is 16.8 Å². The molecule has 2 nitrogen and oxygen atoms in total. The highest BCUT2D eigenvalue weighted by atomic mass is 14.9. The Labute approximate surface area is 315 Å². The molecule has 0 fully saturated rings. The summed E-state index contributed by atoms with van der Waals surface area (Å²) in [5, 5.41) is 0. The maximum Gasteiger partial charge on any atom is 0.160 e. The van der Waals surface area contributed by atoms with E-state index >= 15 is 0 Å². The van der Waals surface area contributed by atoms with Crippen LogP contribution in [0.4, 0.5) is 0 Å². The summed E-state index contributed by atoms with van der Waals surface area (Å²) in [6.45, 7) is 16.8. The van der Waals surface area contributed by atoms with Gasteiger partial charge < -0.3 is 0 Å². The summed E-state index contributed by atoms with van der Waals surface area (Å²) in [6, 6.07) is 30.0. The highest BCUT2D eigenvalue weighted by molar-refractivity contribution is 5.94. The van der Waals surface area contributed by atoms with Crippen LogP contribution in [0.2, 0.25) is 0 Å². The lowest BCUT2D eigenvalue weighted by Crippen LogP contribution is -2.35. The van der Waals surface area contributed by atoms with E-state index in [4.69, 9.17) is 9.97 Å². The van der Waals surface area contributed by atoms with Crippen LogP contribution in [0.1, 0.15) is 50.1 Å². The van der Waals surface area contributed by atoms with Gasteiger partial charge in [-0.3, -0.25) is 0 Å². The molecule has 3 aromatic carbocycles. The summed E-state index contributed by atoms with van der Waals surface area (Å²) in [5.41, 5.74) is 14.8. The SMILES string of the molecule is C=CC=C1/C(=C\C)c2ccccc2C12C(/C=C\C=C/C)=C(C)C1C=C(c3cccc(-c4cc(/C(C=C)=C/C=C\C)nc(-c5ccccc5)n4)c3)C=CC12. The van der Waals surface area contributed by atoms with Gasteiger partial charge in [0.2, 0.25) is 0 Å². The van der Waals surface area contributed by atoms with Gasteiger partial charge in [0.15, 0.2) is 5.82 Å². The summed E-state index contributed by atoms with van der Waals surface area (Å²) in [6.07, 6.45) is 30.5. The Morgan fingerprint density at radius 1 is 0.792 bits per heavy atom. The Hall–Kier alpha value is -6.12. The minimum Gasteiger partial charge on any atom is -0.228 e. The standard InChI is InChI=1S/C51H46N2/c1-7-12-15-28-44-35(6)43-33-39(30-31-47(43)51(44)45(21-9-3)41(11-5)42-27-18-19-29-46(42)51)38-25-20-26-40(32-38)49-34-48(36(10-4)22-13-8-2)52-50(53-49)37-23-16-14-17-24-37/h7-34,43,47H,3-4H2,1-2,5-6H3/b12-7-,13-8-,28-15-,36-22+,41-11-,45-21?. The fraction of sp³-hybridized carbons (Fsp3) is 0.137. The average molecular weight is 687 g/mol. The molecule has 0 N–H and O–H groups in total. The first-order chi connectivity index (χ1) is 26.0. The van der Waals surface area contributed by atoms with E-state index in [1.807, 2.05) is 55.5 Å². The Kier molecular flexibility index (Phi) is 10.1. The third-order valence-corrected chi connectivity index (χ3v) is 10.8. The van der Waals surface area contributed by atoms with Crippen molar-refractivity contribution in [1.82, 2.24) is 9.97 Å². The van der Waals surface area contributed by atoms with Gasteiger partial charge >= 0.3 is 0 Å². The van der Waals surface area contributed by atoms with Crippen LogP contribution in [0.25, 0.3) is 39.4 Å². The highest BCUT2D eigenvalue weighted by Crippen LogP contribution is 2.65. The van der Waals surface area contributed by atoms with Crippen LogP contribution in [-0.4, -0.2) is 9.97 Å². The molecule has 0 radical (unpaired) electrons. The minimum absolute atomic E-state index is 0.212. The molecule has 0 bridgehead atoms. The zero-order chi connectivity index (χ0) is 37.0. The molecule has 2 heteroatoms. The minimum atomic E-state index is -0.325. The van der Waals surface area contributed by atoms with Crippen LogP contribution >= 0.6 is 0 Å². The molecule has 1 aromatic heterocycles. The van der Waals surface area contributed by atoms with Crippen LogP contribution in [0.5, 0.6) is 0 Å². The van der Waals surface area contributed by atoms with Gasteiger partial charge in [-0.2, -0.15) is 0 Å². The molecule has 0 saturated heterocycles. The Balaban J connectivity index is 1.36. The van der Waals surface area contributed by atoms with E-state index in [-0.39, 0.29) is 17.3 Å². The van der Waals surface area contributed by atoms with Gasteiger partial charge in [0, 0.05) is 23.0 Å². The van der Waals surface area contributed by atoms with Gasteiger partial charge in [0.1, 0.15) is 0 Å². The number of aromatic nitrogens is 2. The maximum absolute atomic E-state index is 5.11. The molecule has 7 rings (SSSR count). The third-order valence-electron chi connectivity index (χ3n) is 10.8. The Morgan fingerprint density at radius 3 is 2.30 bits per heavy atom. The summed E-state index contributed by atoms with van der Waals surface area (Å²) >= 11 is 0. The second-order valence-electron chi connectivity index (χ2n) is 13.6. The first-order valence-electron chi connectivity index (χ1n) is 18.5. The number of hydrogen-bond acceptors (Lipinski definition) is 2. The van der Waals surface area contributed by atoms with Crippen molar-refractivity contribution < 1.29 is 0 Å². The zero-order valence-corrected chi connectivity index (χ0v) is 31.1. The summed E-state index contributed by atoms with van der Waals surface area (Å²) in [4.78, 5) is 10.1. The van der Waals surface area contributed by atoms with E-state index in [1.54, 1.807) is 0 Å². The van der Waals surface area contributed by atoms with Crippen LogP contribution in [0, 0.1) is 11.8 Å². The number of fused-ring (bicyclic) bond motifs is 4. The summed E-state index contributed by atoms with van der Waals surface area (Å²) in [5.74, 6) is 1.11. The number of benzene rings is 3. The van der Waals surface area contributed by atoms with Crippen molar-refractivity contribution in [2.24, 2.45) is 11.8 Å². The average Bonchev–Trinajstić information content (AvgIpc) is 3.62. The molecule has 4 aromatic rings. The van der Waals surface area contributed by atoms with Gasteiger partial charge in [-0.25, -0.2) is 9.97 Å². The number of hydrogen-bond donors (Lipinski definition) is 0. The van der Waals surface area contributed by atoms with Crippen molar-refractivity contribution in [1.29, 1.82) is 0 Å². The molecule has 3 unspecified atom stereocenters. The largest absolute Gasteiger partial charge is 0.228 e. The van der Waals surface area contributed by atoms with Crippen LogP contribution in [0.3, 0.4) is 0 Å². The molecular formula is C51H46N2. The topological polar surface area (TPSA) is 25.8 Å². The normalized spacial score (nSPS) is 22.5. The smallest absolute Gasteiger partial charge is 0.160 e. The third kappa shape index (κ3) is 6.15. The van der Waals surface area contributed by atoms with Gasteiger partial charge in [-0.05, 0) is 84.4 Å². The van der Waals surface area contributed by atoms with E-state index in [9.17, 15) is 0 Å².